The summed E-state index contributed by atoms with van der Waals surface area (Å²) in [6.07, 6.45) is -2.04. The second-order valence-electron chi connectivity index (χ2n) is 6.07. The average Bonchev–Trinajstić information content (AvgIpc) is 2.70. The molecule has 1 N–H and O–H groups in total. The number of alkyl halides is 2. The molecule has 2 aromatic carbocycles. The summed E-state index contributed by atoms with van der Waals surface area (Å²) in [6.45, 7) is 5.49. The van der Waals surface area contributed by atoms with E-state index in [9.17, 15) is 8.78 Å². The van der Waals surface area contributed by atoms with Gasteiger partial charge >= 0.3 is 0 Å². The van der Waals surface area contributed by atoms with Gasteiger partial charge in [0.05, 0.1) is 18.7 Å². The summed E-state index contributed by atoms with van der Waals surface area (Å²) in [6, 6.07) is 12.9. The van der Waals surface area contributed by atoms with Gasteiger partial charge in [-0.25, -0.2) is 18.7 Å². The third-order valence-corrected chi connectivity index (χ3v) is 4.13. The molecule has 0 aliphatic heterocycles. The number of ether oxygens (including phenoxy) is 2. The Balaban J connectivity index is 1.75. The summed E-state index contributed by atoms with van der Waals surface area (Å²) in [5.41, 5.74) is 1.54. The van der Waals surface area contributed by atoms with Crippen molar-refractivity contribution >= 4 is 16.7 Å². The lowest BCUT2D eigenvalue weighted by Gasteiger charge is -2.13. The molecule has 28 heavy (non-hydrogen) atoms. The minimum Gasteiger partial charge on any atom is -0.490 e. The largest absolute Gasteiger partial charge is 0.490 e. The van der Waals surface area contributed by atoms with Crippen molar-refractivity contribution in [2.75, 3.05) is 25.1 Å². The second-order valence-corrected chi connectivity index (χ2v) is 6.07. The molecule has 0 fully saturated rings. The molecule has 0 radical (unpaired) electrons. The van der Waals surface area contributed by atoms with E-state index >= 15 is 0 Å². The summed E-state index contributed by atoms with van der Waals surface area (Å²) in [5, 5.41) is 3.88. The van der Waals surface area contributed by atoms with Gasteiger partial charge in [-0.1, -0.05) is 18.2 Å². The van der Waals surface area contributed by atoms with Crippen LogP contribution in [0.15, 0.2) is 42.5 Å². The molecule has 0 saturated carbocycles. The van der Waals surface area contributed by atoms with E-state index in [1.807, 2.05) is 44.2 Å². The lowest BCUT2D eigenvalue weighted by atomic mass is 10.1. The van der Waals surface area contributed by atoms with Crippen LogP contribution in [0.25, 0.3) is 10.9 Å². The first-order valence-electron chi connectivity index (χ1n) is 9.29. The number of aromatic nitrogens is 2. The monoisotopic (exact) mass is 387 g/mol. The van der Waals surface area contributed by atoms with Crippen molar-refractivity contribution in [3.05, 3.63) is 53.9 Å². The standard InChI is InChI=1S/C21H23F2N3O2/c1-3-27-17-10-9-14(13-18(17)28-4-2)11-12-24-20-15-7-5-6-8-16(15)25-21(26-20)19(22)23/h5-10,13,19H,3-4,11-12H2,1-2H3,(H,24,25,26). The fourth-order valence-corrected chi connectivity index (χ4v) is 2.90. The highest BCUT2D eigenvalue weighted by Crippen LogP contribution is 2.29. The van der Waals surface area contributed by atoms with Crippen LogP contribution in [0.2, 0.25) is 0 Å². The number of nitrogens with one attached hydrogen (secondary N) is 1. The number of fused-ring (bicyclic) bond motifs is 1. The number of hydrogen-bond donors (Lipinski definition) is 1. The molecule has 3 aromatic rings. The highest BCUT2D eigenvalue weighted by Gasteiger charge is 2.15. The van der Waals surface area contributed by atoms with Gasteiger partial charge in [-0.15, -0.1) is 0 Å². The topological polar surface area (TPSA) is 56.3 Å². The maximum atomic E-state index is 13.1. The van der Waals surface area contributed by atoms with Crippen LogP contribution in [-0.4, -0.2) is 29.7 Å². The zero-order chi connectivity index (χ0) is 19.9. The molecule has 0 unspecified atom stereocenters. The minimum absolute atomic E-state index is 0.414. The molecule has 0 aliphatic rings. The molecule has 0 amide bonds. The number of hydrogen-bond acceptors (Lipinski definition) is 5. The number of anilines is 1. The first-order chi connectivity index (χ1) is 13.6. The van der Waals surface area contributed by atoms with Crippen LogP contribution in [0.4, 0.5) is 14.6 Å². The zero-order valence-corrected chi connectivity index (χ0v) is 15.9. The molecule has 148 valence electrons. The molecule has 3 rings (SSSR count). The molecule has 7 heteroatoms. The van der Waals surface area contributed by atoms with Gasteiger partial charge in [0, 0.05) is 11.9 Å². The lowest BCUT2D eigenvalue weighted by molar-refractivity contribution is 0.141. The number of para-hydroxylation sites is 1. The van der Waals surface area contributed by atoms with E-state index in [4.69, 9.17) is 9.47 Å². The summed E-state index contributed by atoms with van der Waals surface area (Å²) in [4.78, 5) is 7.93. The van der Waals surface area contributed by atoms with Crippen LogP contribution in [0.5, 0.6) is 11.5 Å². The molecule has 0 aliphatic carbocycles. The Morgan fingerprint density at radius 3 is 2.46 bits per heavy atom. The molecular formula is C21H23F2N3O2. The van der Waals surface area contributed by atoms with Crippen LogP contribution in [0.3, 0.4) is 0 Å². The van der Waals surface area contributed by atoms with Crippen molar-refractivity contribution in [2.24, 2.45) is 0 Å². The van der Waals surface area contributed by atoms with E-state index in [0.29, 0.717) is 54.4 Å². The summed E-state index contributed by atoms with van der Waals surface area (Å²) in [7, 11) is 0. The van der Waals surface area contributed by atoms with Gasteiger partial charge in [0.25, 0.3) is 6.43 Å². The van der Waals surface area contributed by atoms with E-state index in [-0.39, 0.29) is 0 Å². The first kappa shape index (κ1) is 19.8. The first-order valence-corrected chi connectivity index (χ1v) is 9.29. The van der Waals surface area contributed by atoms with Crippen LogP contribution in [0, 0.1) is 0 Å². The van der Waals surface area contributed by atoms with Gasteiger partial charge in [-0.3, -0.25) is 0 Å². The predicted molar refractivity (Wildman–Crippen MR) is 105 cm³/mol. The number of rotatable bonds is 9. The van der Waals surface area contributed by atoms with E-state index in [1.165, 1.54) is 0 Å². The third kappa shape index (κ3) is 4.65. The van der Waals surface area contributed by atoms with Crippen LogP contribution in [-0.2, 0) is 6.42 Å². The maximum Gasteiger partial charge on any atom is 0.297 e. The van der Waals surface area contributed by atoms with Crippen LogP contribution < -0.4 is 14.8 Å². The molecular weight excluding hydrogens is 364 g/mol. The normalized spacial score (nSPS) is 11.0. The minimum atomic E-state index is -2.72. The van der Waals surface area contributed by atoms with Crippen molar-refractivity contribution in [2.45, 2.75) is 26.7 Å². The molecule has 1 aromatic heterocycles. The molecule has 1 heterocycles. The van der Waals surface area contributed by atoms with Crippen molar-refractivity contribution in [3.8, 4) is 11.5 Å². The van der Waals surface area contributed by atoms with Gasteiger partial charge in [0.2, 0.25) is 0 Å². The molecule has 0 spiro atoms. The summed E-state index contributed by atoms with van der Waals surface area (Å²) >= 11 is 0. The molecule has 0 bridgehead atoms. The quantitative estimate of drug-likeness (QED) is 0.559. The van der Waals surface area contributed by atoms with Crippen molar-refractivity contribution in [1.29, 1.82) is 0 Å². The SMILES string of the molecule is CCOc1ccc(CCNc2nc(C(F)F)nc3ccccc23)cc1OCC. The Bertz CT molecular complexity index is 935. The van der Waals surface area contributed by atoms with E-state index in [2.05, 4.69) is 15.3 Å². The Labute approximate surface area is 162 Å². The molecule has 0 atom stereocenters. The van der Waals surface area contributed by atoms with Crippen molar-refractivity contribution in [3.63, 3.8) is 0 Å². The second kappa shape index (κ2) is 9.30. The zero-order valence-electron chi connectivity index (χ0n) is 15.9. The maximum absolute atomic E-state index is 13.1. The lowest BCUT2D eigenvalue weighted by Crippen LogP contribution is -2.09. The fourth-order valence-electron chi connectivity index (χ4n) is 2.90. The number of halogens is 2. The molecule has 0 saturated heterocycles. The van der Waals surface area contributed by atoms with Gasteiger partial charge in [-0.05, 0) is 50.1 Å². The van der Waals surface area contributed by atoms with Gasteiger partial charge in [-0.2, -0.15) is 0 Å². The Hall–Kier alpha value is -2.96. The van der Waals surface area contributed by atoms with Gasteiger partial charge < -0.3 is 14.8 Å². The van der Waals surface area contributed by atoms with E-state index in [0.717, 1.165) is 5.56 Å². The smallest absolute Gasteiger partial charge is 0.297 e. The third-order valence-electron chi connectivity index (χ3n) is 4.13. The predicted octanol–water partition coefficient (Wildman–Crippen LogP) is 5.02. The Morgan fingerprint density at radius 2 is 1.71 bits per heavy atom. The summed E-state index contributed by atoms with van der Waals surface area (Å²) in [5.74, 6) is 1.36. The highest BCUT2D eigenvalue weighted by atomic mass is 19.3. The highest BCUT2D eigenvalue weighted by molar-refractivity contribution is 5.89. The average molecular weight is 387 g/mol. The van der Waals surface area contributed by atoms with Crippen molar-refractivity contribution < 1.29 is 18.3 Å². The fraction of sp³-hybridized carbons (Fsp3) is 0.333. The van der Waals surface area contributed by atoms with Gasteiger partial charge in [0.15, 0.2) is 17.3 Å². The van der Waals surface area contributed by atoms with Crippen molar-refractivity contribution in [1.82, 2.24) is 9.97 Å². The van der Waals surface area contributed by atoms with E-state index < -0.39 is 12.2 Å². The van der Waals surface area contributed by atoms with Crippen LogP contribution >= 0.6 is 0 Å². The summed E-state index contributed by atoms with van der Waals surface area (Å²) < 4.78 is 37.4. The Kier molecular flexibility index (Phi) is 6.57. The Morgan fingerprint density at radius 1 is 0.964 bits per heavy atom. The van der Waals surface area contributed by atoms with Crippen LogP contribution in [0.1, 0.15) is 31.7 Å². The van der Waals surface area contributed by atoms with Gasteiger partial charge in [0.1, 0.15) is 5.82 Å². The molecule has 5 nitrogen and oxygen atoms in total. The number of benzene rings is 2. The van der Waals surface area contributed by atoms with E-state index in [1.54, 1.807) is 12.1 Å². The number of nitrogens with zero attached hydrogens (tertiary/aromatic N) is 2.